The topological polar surface area (TPSA) is 64.6 Å². The Morgan fingerprint density at radius 1 is 1.18 bits per heavy atom. The number of carbonyl (C=O) groups excluding carboxylic acids is 2. The molecule has 0 aliphatic heterocycles. The Morgan fingerprint density at radius 2 is 2.00 bits per heavy atom. The molecule has 1 saturated carbocycles. The predicted octanol–water partition coefficient (Wildman–Crippen LogP) is 4.34. The van der Waals surface area contributed by atoms with Gasteiger partial charge in [0.25, 0.3) is 0 Å². The molecule has 0 radical (unpaired) electrons. The Bertz CT molecular complexity index is 801. The molecule has 1 fully saturated rings. The summed E-state index contributed by atoms with van der Waals surface area (Å²) in [7, 11) is 1.62. The number of amides is 1. The number of aldehydes is 1. The number of nitrogens with one attached hydrogen (secondary N) is 1. The summed E-state index contributed by atoms with van der Waals surface area (Å²) in [6.07, 6.45) is 15.3. The van der Waals surface area contributed by atoms with Crippen LogP contribution in [0.2, 0.25) is 0 Å². The minimum absolute atomic E-state index is 0.249. The summed E-state index contributed by atoms with van der Waals surface area (Å²) < 4.78 is 11.6. The molecule has 1 amide bonds. The molecule has 2 aliphatic rings. The van der Waals surface area contributed by atoms with Gasteiger partial charge in [0.1, 0.15) is 6.29 Å². The molecule has 0 saturated heterocycles. The third kappa shape index (κ3) is 5.35. The Hall–Kier alpha value is -2.82. The summed E-state index contributed by atoms with van der Waals surface area (Å²) in [5, 5.41) is 2.76. The highest BCUT2D eigenvalue weighted by atomic mass is 16.5. The average molecular weight is 381 g/mol. The highest BCUT2D eigenvalue weighted by molar-refractivity contribution is 5.94. The molecule has 0 bridgehead atoms. The number of allylic oxidation sites excluding steroid dienone is 3. The molecule has 2 aliphatic carbocycles. The molecule has 3 rings (SSSR count). The van der Waals surface area contributed by atoms with E-state index in [1.807, 2.05) is 24.3 Å². The average Bonchev–Trinajstić information content (AvgIpc) is 2.74. The minimum atomic E-state index is -0.276. The molecule has 5 nitrogen and oxygen atoms in total. The van der Waals surface area contributed by atoms with E-state index in [0.29, 0.717) is 23.4 Å². The van der Waals surface area contributed by atoms with Crippen LogP contribution in [0.5, 0.6) is 11.5 Å². The molecule has 0 spiro atoms. The van der Waals surface area contributed by atoms with Gasteiger partial charge in [-0.15, -0.1) is 0 Å². The van der Waals surface area contributed by atoms with Gasteiger partial charge in [0, 0.05) is 17.3 Å². The van der Waals surface area contributed by atoms with Crippen molar-refractivity contribution < 1.29 is 19.1 Å². The molecule has 148 valence electrons. The van der Waals surface area contributed by atoms with E-state index in [1.54, 1.807) is 19.3 Å². The fourth-order valence-corrected chi connectivity index (χ4v) is 3.52. The van der Waals surface area contributed by atoms with Crippen LogP contribution in [-0.2, 0) is 9.59 Å². The van der Waals surface area contributed by atoms with Crippen molar-refractivity contribution in [3.8, 4) is 11.5 Å². The van der Waals surface area contributed by atoms with Crippen molar-refractivity contribution in [2.45, 2.75) is 51.0 Å². The van der Waals surface area contributed by atoms with E-state index in [9.17, 15) is 9.59 Å². The number of hydrogen-bond acceptors (Lipinski definition) is 4. The van der Waals surface area contributed by atoms with E-state index < -0.39 is 0 Å². The second-order valence-electron chi connectivity index (χ2n) is 7.11. The van der Waals surface area contributed by atoms with Gasteiger partial charge in [0.2, 0.25) is 5.91 Å². The van der Waals surface area contributed by atoms with Gasteiger partial charge < -0.3 is 14.8 Å². The van der Waals surface area contributed by atoms with Crippen LogP contribution in [0.25, 0.3) is 6.08 Å². The molecule has 0 unspecified atom stereocenters. The molecular formula is C23H27NO4. The Balaban J connectivity index is 1.64. The zero-order valence-corrected chi connectivity index (χ0v) is 16.3. The van der Waals surface area contributed by atoms with Gasteiger partial charge in [-0.1, -0.05) is 18.6 Å². The molecular weight excluding hydrogens is 354 g/mol. The van der Waals surface area contributed by atoms with E-state index in [0.717, 1.165) is 36.9 Å². The first-order chi connectivity index (χ1) is 13.7. The zero-order valence-electron chi connectivity index (χ0n) is 16.3. The highest BCUT2D eigenvalue weighted by Crippen LogP contribution is 2.32. The molecule has 1 N–H and O–H groups in total. The first-order valence-corrected chi connectivity index (χ1v) is 9.88. The van der Waals surface area contributed by atoms with E-state index in [2.05, 4.69) is 5.32 Å². The van der Waals surface area contributed by atoms with Crippen LogP contribution in [0.4, 0.5) is 0 Å². The lowest BCUT2D eigenvalue weighted by Crippen LogP contribution is -2.22. The van der Waals surface area contributed by atoms with Crippen LogP contribution in [0.1, 0.15) is 50.5 Å². The number of carbonyl (C=O) groups is 2. The molecule has 1 aromatic carbocycles. The van der Waals surface area contributed by atoms with Gasteiger partial charge in [0.05, 0.1) is 13.2 Å². The summed E-state index contributed by atoms with van der Waals surface area (Å²) in [5.74, 6) is 1.13. The zero-order chi connectivity index (χ0) is 19.8. The Morgan fingerprint density at radius 3 is 2.75 bits per heavy atom. The summed E-state index contributed by atoms with van der Waals surface area (Å²) in [6.45, 7) is 0. The lowest BCUT2D eigenvalue weighted by atomic mass is 9.98. The maximum absolute atomic E-state index is 12.2. The number of benzene rings is 1. The lowest BCUT2D eigenvalue weighted by molar-refractivity contribution is -0.115. The van der Waals surface area contributed by atoms with Crippen molar-refractivity contribution in [1.82, 2.24) is 5.32 Å². The first kappa shape index (κ1) is 19.9. The van der Waals surface area contributed by atoms with Crippen LogP contribution in [-0.4, -0.2) is 25.4 Å². The van der Waals surface area contributed by atoms with Crippen molar-refractivity contribution in [2.24, 2.45) is 0 Å². The van der Waals surface area contributed by atoms with Gasteiger partial charge in [-0.3, -0.25) is 9.59 Å². The number of methoxy groups -OCH3 is 1. The quantitative estimate of drug-likeness (QED) is 0.564. The van der Waals surface area contributed by atoms with Crippen molar-refractivity contribution in [2.75, 3.05) is 7.11 Å². The smallest absolute Gasteiger partial charge is 0.248 e. The highest BCUT2D eigenvalue weighted by Gasteiger charge is 2.17. The molecule has 1 aromatic rings. The largest absolute Gasteiger partial charge is 0.493 e. The van der Waals surface area contributed by atoms with Crippen molar-refractivity contribution in [3.63, 3.8) is 0 Å². The Kier molecular flexibility index (Phi) is 7.06. The van der Waals surface area contributed by atoms with E-state index in [-0.39, 0.29) is 12.0 Å². The number of rotatable bonds is 7. The van der Waals surface area contributed by atoms with Crippen LogP contribution >= 0.6 is 0 Å². The lowest BCUT2D eigenvalue weighted by Gasteiger charge is -2.24. The molecule has 0 atom stereocenters. The maximum atomic E-state index is 12.2. The minimum Gasteiger partial charge on any atom is -0.493 e. The van der Waals surface area contributed by atoms with Crippen LogP contribution in [0.3, 0.4) is 0 Å². The van der Waals surface area contributed by atoms with Crippen molar-refractivity contribution >= 4 is 18.3 Å². The summed E-state index contributed by atoms with van der Waals surface area (Å²) in [6, 6.07) is 5.65. The Labute approximate surface area is 166 Å². The molecule has 0 aromatic heterocycles. The first-order valence-electron chi connectivity index (χ1n) is 9.88. The van der Waals surface area contributed by atoms with Crippen LogP contribution in [0, 0.1) is 0 Å². The third-order valence-corrected chi connectivity index (χ3v) is 5.07. The van der Waals surface area contributed by atoms with Gasteiger partial charge in [-0.05, 0) is 68.4 Å². The predicted molar refractivity (Wildman–Crippen MR) is 109 cm³/mol. The molecule has 28 heavy (non-hydrogen) atoms. The molecule has 0 heterocycles. The van der Waals surface area contributed by atoms with Crippen LogP contribution in [0.15, 0.2) is 47.7 Å². The van der Waals surface area contributed by atoms with E-state index in [1.165, 1.54) is 25.3 Å². The standard InChI is InChI=1S/C23H27NO4/c1-27-22-15-17(11-13-21(22)28-19-8-3-2-4-9-19)12-14-23(26)24-20-10-6-5-7-18(20)16-25/h6,10-16,19H,2-5,7-9H2,1H3,(H,24,26)/b14-12+. The van der Waals surface area contributed by atoms with Gasteiger partial charge in [0.15, 0.2) is 11.5 Å². The summed E-state index contributed by atoms with van der Waals surface area (Å²) >= 11 is 0. The summed E-state index contributed by atoms with van der Waals surface area (Å²) in [4.78, 5) is 23.3. The van der Waals surface area contributed by atoms with Gasteiger partial charge in [-0.25, -0.2) is 0 Å². The molecule has 5 heteroatoms. The third-order valence-electron chi connectivity index (χ3n) is 5.07. The SMILES string of the molecule is COc1cc(/C=C/C(=O)NC2=C(C=O)CCC=C2)ccc1OC1CCCCC1. The number of hydrogen-bond donors (Lipinski definition) is 1. The number of ether oxygens (including phenoxy) is 2. The summed E-state index contributed by atoms with van der Waals surface area (Å²) in [5.41, 5.74) is 2.03. The van der Waals surface area contributed by atoms with Crippen molar-refractivity contribution in [1.29, 1.82) is 0 Å². The monoisotopic (exact) mass is 381 g/mol. The van der Waals surface area contributed by atoms with Gasteiger partial charge >= 0.3 is 0 Å². The van der Waals surface area contributed by atoms with Crippen LogP contribution < -0.4 is 14.8 Å². The van der Waals surface area contributed by atoms with Crippen molar-refractivity contribution in [3.05, 3.63) is 53.3 Å². The van der Waals surface area contributed by atoms with Gasteiger partial charge in [-0.2, -0.15) is 0 Å². The van der Waals surface area contributed by atoms with E-state index in [4.69, 9.17) is 9.47 Å². The van der Waals surface area contributed by atoms with E-state index >= 15 is 0 Å². The fourth-order valence-electron chi connectivity index (χ4n) is 3.52. The second-order valence-corrected chi connectivity index (χ2v) is 7.11. The maximum Gasteiger partial charge on any atom is 0.248 e. The fraction of sp³-hybridized carbons (Fsp3) is 0.391. The normalized spacial score (nSPS) is 17.6. The second kappa shape index (κ2) is 9.93.